The minimum absolute atomic E-state index is 0.0213. The third-order valence-corrected chi connectivity index (χ3v) is 3.46. The van der Waals surface area contributed by atoms with Crippen LogP contribution in [0.25, 0.3) is 0 Å². The molecule has 0 aromatic rings. The van der Waals surface area contributed by atoms with E-state index in [2.05, 4.69) is 14.4 Å². The number of nitrogens with one attached hydrogen (secondary N) is 1. The van der Waals surface area contributed by atoms with E-state index in [-0.39, 0.29) is 6.10 Å². The summed E-state index contributed by atoms with van der Waals surface area (Å²) in [6.45, 7) is 1.77. The van der Waals surface area contributed by atoms with Crippen LogP contribution < -0.4 is 5.32 Å². The number of phosphoric ester groups is 1. The van der Waals surface area contributed by atoms with Gasteiger partial charge in [-0.25, -0.2) is 4.57 Å². The number of hydrogen-bond acceptors (Lipinski definition) is 5. The molecule has 0 atom stereocenters. The number of piperidine rings is 1. The standard InChI is InChI=1S/C7H16NO4P/c1-10-13(9,11-2)12-7-3-5-8-6-4-7/h7-8H,3-6H2,1-2H3. The molecule has 1 fully saturated rings. The number of rotatable bonds is 4. The zero-order valence-corrected chi connectivity index (χ0v) is 8.88. The van der Waals surface area contributed by atoms with Crippen molar-refractivity contribution in [3.63, 3.8) is 0 Å². The van der Waals surface area contributed by atoms with E-state index in [1.54, 1.807) is 0 Å². The Labute approximate surface area is 78.4 Å². The number of hydrogen-bond donors (Lipinski definition) is 1. The van der Waals surface area contributed by atoms with E-state index in [1.165, 1.54) is 14.2 Å². The highest BCUT2D eigenvalue weighted by molar-refractivity contribution is 7.48. The van der Waals surface area contributed by atoms with E-state index in [9.17, 15) is 4.57 Å². The molecule has 1 rings (SSSR count). The predicted octanol–water partition coefficient (Wildman–Crippen LogP) is 1.16. The van der Waals surface area contributed by atoms with Crippen molar-refractivity contribution < 1.29 is 18.1 Å². The lowest BCUT2D eigenvalue weighted by Gasteiger charge is -2.25. The van der Waals surface area contributed by atoms with Gasteiger partial charge in [-0.15, -0.1) is 0 Å². The maximum absolute atomic E-state index is 11.5. The van der Waals surface area contributed by atoms with E-state index in [4.69, 9.17) is 4.52 Å². The van der Waals surface area contributed by atoms with Crippen LogP contribution >= 0.6 is 7.82 Å². The summed E-state index contributed by atoms with van der Waals surface area (Å²) in [4.78, 5) is 0. The monoisotopic (exact) mass is 209 g/mol. The molecule has 0 amide bonds. The van der Waals surface area contributed by atoms with Crippen LogP contribution in [0.2, 0.25) is 0 Å². The van der Waals surface area contributed by atoms with Crippen molar-refractivity contribution in [1.29, 1.82) is 0 Å². The Kier molecular flexibility index (Phi) is 4.35. The molecule has 0 aromatic carbocycles. The van der Waals surface area contributed by atoms with Crippen molar-refractivity contribution in [3.8, 4) is 0 Å². The Bertz CT molecular complexity index is 185. The highest BCUT2D eigenvalue weighted by Crippen LogP contribution is 2.49. The Morgan fingerprint density at radius 1 is 1.23 bits per heavy atom. The fraction of sp³-hybridized carbons (Fsp3) is 1.00. The van der Waals surface area contributed by atoms with Gasteiger partial charge in [-0.05, 0) is 25.9 Å². The maximum Gasteiger partial charge on any atom is 0.474 e. The topological polar surface area (TPSA) is 56.8 Å². The van der Waals surface area contributed by atoms with E-state index in [0.29, 0.717) is 0 Å². The summed E-state index contributed by atoms with van der Waals surface area (Å²) in [6.07, 6.45) is 1.67. The zero-order valence-electron chi connectivity index (χ0n) is 7.99. The SMILES string of the molecule is COP(=O)(OC)OC1CCNCC1. The smallest absolute Gasteiger partial charge is 0.317 e. The second-order valence-electron chi connectivity index (χ2n) is 2.87. The minimum atomic E-state index is -3.28. The lowest BCUT2D eigenvalue weighted by molar-refractivity contribution is 0.0868. The molecule has 1 N–H and O–H groups in total. The van der Waals surface area contributed by atoms with Crippen molar-refractivity contribution in [2.75, 3.05) is 27.3 Å². The van der Waals surface area contributed by atoms with Crippen molar-refractivity contribution in [2.24, 2.45) is 0 Å². The fourth-order valence-electron chi connectivity index (χ4n) is 1.24. The van der Waals surface area contributed by atoms with Crippen LogP contribution in [-0.4, -0.2) is 33.4 Å². The molecule has 0 aromatic heterocycles. The molecule has 1 aliphatic heterocycles. The Morgan fingerprint density at radius 2 is 1.77 bits per heavy atom. The van der Waals surface area contributed by atoms with Crippen LogP contribution in [-0.2, 0) is 18.1 Å². The Balaban J connectivity index is 2.40. The summed E-state index contributed by atoms with van der Waals surface area (Å²) in [6, 6.07) is 0. The molecule has 0 bridgehead atoms. The first-order chi connectivity index (χ1) is 6.20. The average molecular weight is 209 g/mol. The van der Waals surface area contributed by atoms with E-state index in [0.717, 1.165) is 25.9 Å². The highest BCUT2D eigenvalue weighted by Gasteiger charge is 2.28. The zero-order chi connectivity index (χ0) is 9.73. The summed E-state index contributed by atoms with van der Waals surface area (Å²) in [5.41, 5.74) is 0. The van der Waals surface area contributed by atoms with Gasteiger partial charge in [0.05, 0.1) is 6.10 Å². The van der Waals surface area contributed by atoms with Gasteiger partial charge in [-0.1, -0.05) is 0 Å². The van der Waals surface area contributed by atoms with Gasteiger partial charge in [0.2, 0.25) is 0 Å². The lowest BCUT2D eigenvalue weighted by Crippen LogP contribution is -2.32. The van der Waals surface area contributed by atoms with Gasteiger partial charge in [0.25, 0.3) is 0 Å². The molecular formula is C7H16NO4P. The first-order valence-electron chi connectivity index (χ1n) is 4.31. The molecule has 5 nitrogen and oxygen atoms in total. The Hall–Kier alpha value is 0.0700. The van der Waals surface area contributed by atoms with Crippen LogP contribution in [0.15, 0.2) is 0 Å². The third-order valence-electron chi connectivity index (χ3n) is 2.01. The van der Waals surface area contributed by atoms with E-state index < -0.39 is 7.82 Å². The molecule has 0 radical (unpaired) electrons. The summed E-state index contributed by atoms with van der Waals surface area (Å²) >= 11 is 0. The molecular weight excluding hydrogens is 193 g/mol. The van der Waals surface area contributed by atoms with Gasteiger partial charge in [0.1, 0.15) is 0 Å². The quantitative estimate of drug-likeness (QED) is 0.704. The predicted molar refractivity (Wildman–Crippen MR) is 48.6 cm³/mol. The first kappa shape index (κ1) is 11.1. The van der Waals surface area contributed by atoms with Gasteiger partial charge >= 0.3 is 7.82 Å². The van der Waals surface area contributed by atoms with Crippen LogP contribution in [0, 0.1) is 0 Å². The fourth-order valence-corrected chi connectivity index (χ4v) is 2.14. The van der Waals surface area contributed by atoms with Crippen molar-refractivity contribution in [2.45, 2.75) is 18.9 Å². The normalized spacial score (nSPS) is 20.5. The molecule has 1 saturated heterocycles. The minimum Gasteiger partial charge on any atom is -0.317 e. The van der Waals surface area contributed by atoms with E-state index >= 15 is 0 Å². The van der Waals surface area contributed by atoms with Crippen LogP contribution in [0.1, 0.15) is 12.8 Å². The second-order valence-corrected chi connectivity index (χ2v) is 4.70. The molecule has 13 heavy (non-hydrogen) atoms. The van der Waals surface area contributed by atoms with Gasteiger partial charge in [-0.2, -0.15) is 0 Å². The maximum atomic E-state index is 11.5. The number of phosphoric acid groups is 1. The molecule has 0 aliphatic carbocycles. The van der Waals surface area contributed by atoms with Gasteiger partial charge in [-0.3, -0.25) is 13.6 Å². The van der Waals surface area contributed by atoms with Gasteiger partial charge in [0, 0.05) is 14.2 Å². The van der Waals surface area contributed by atoms with Crippen LogP contribution in [0.3, 0.4) is 0 Å². The van der Waals surface area contributed by atoms with Gasteiger partial charge in [0.15, 0.2) is 0 Å². The van der Waals surface area contributed by atoms with Crippen LogP contribution in [0.5, 0.6) is 0 Å². The molecule has 0 spiro atoms. The molecule has 6 heteroatoms. The summed E-state index contributed by atoms with van der Waals surface area (Å²) in [5.74, 6) is 0. The Morgan fingerprint density at radius 3 is 2.23 bits per heavy atom. The summed E-state index contributed by atoms with van der Waals surface area (Å²) < 4.78 is 26.1. The van der Waals surface area contributed by atoms with Gasteiger partial charge < -0.3 is 5.32 Å². The molecule has 78 valence electrons. The van der Waals surface area contributed by atoms with Crippen LogP contribution in [0.4, 0.5) is 0 Å². The lowest BCUT2D eigenvalue weighted by atomic mass is 10.1. The highest BCUT2D eigenvalue weighted by atomic mass is 31.2. The van der Waals surface area contributed by atoms with Crippen molar-refractivity contribution in [1.82, 2.24) is 5.32 Å². The largest absolute Gasteiger partial charge is 0.474 e. The third kappa shape index (κ3) is 3.37. The molecule has 0 saturated carbocycles. The van der Waals surface area contributed by atoms with Crippen molar-refractivity contribution in [3.05, 3.63) is 0 Å². The molecule has 0 unspecified atom stereocenters. The first-order valence-corrected chi connectivity index (χ1v) is 5.77. The molecule has 1 heterocycles. The molecule has 1 aliphatic rings. The second kappa shape index (κ2) is 5.08. The van der Waals surface area contributed by atoms with E-state index in [1.807, 2.05) is 0 Å². The van der Waals surface area contributed by atoms with Crippen molar-refractivity contribution >= 4 is 7.82 Å². The average Bonchev–Trinajstić information content (AvgIpc) is 2.19. The summed E-state index contributed by atoms with van der Waals surface area (Å²) in [7, 11) is -0.628. The summed E-state index contributed by atoms with van der Waals surface area (Å²) in [5, 5.41) is 3.19.